The van der Waals surface area contributed by atoms with Crippen LogP contribution in [0.15, 0.2) is 31.9 Å². The van der Waals surface area contributed by atoms with Crippen molar-refractivity contribution in [3.63, 3.8) is 0 Å². The summed E-state index contributed by atoms with van der Waals surface area (Å²) in [7, 11) is 1.55. The monoisotopic (exact) mass is 400 g/mol. The van der Waals surface area contributed by atoms with Crippen molar-refractivity contribution < 1.29 is 23.2 Å². The van der Waals surface area contributed by atoms with Crippen LogP contribution in [0.2, 0.25) is 0 Å². The minimum Gasteiger partial charge on any atom is -0.497 e. The molecule has 0 aliphatic carbocycles. The van der Waals surface area contributed by atoms with Gasteiger partial charge in [0.2, 0.25) is 0 Å². The van der Waals surface area contributed by atoms with E-state index in [4.69, 9.17) is 18.4 Å². The Hall–Kier alpha value is -3.16. The Morgan fingerprint density at radius 2 is 2.07 bits per heavy atom. The summed E-state index contributed by atoms with van der Waals surface area (Å²) in [5, 5.41) is 4.65. The highest BCUT2D eigenvalue weighted by molar-refractivity contribution is 5.82. The lowest BCUT2D eigenvalue weighted by Gasteiger charge is -2.11. The molecule has 0 radical (unpaired) electrons. The zero-order chi connectivity index (χ0) is 21.0. The number of hydrogen-bond acceptors (Lipinski definition) is 8. The summed E-state index contributed by atoms with van der Waals surface area (Å²) in [6.45, 7) is 5.52. The van der Waals surface area contributed by atoms with Crippen LogP contribution in [-0.4, -0.2) is 23.2 Å². The molecule has 2 heterocycles. The molecule has 29 heavy (non-hydrogen) atoms. The van der Waals surface area contributed by atoms with Gasteiger partial charge in [0.1, 0.15) is 11.3 Å². The minimum atomic E-state index is -0.651. The molecule has 0 N–H and O–H groups in total. The lowest BCUT2D eigenvalue weighted by atomic mass is 10.0. The number of methoxy groups -OCH3 is 1. The number of rotatable bonds is 8. The molecule has 0 aliphatic heterocycles. The molecule has 0 amide bonds. The standard InChI is InChI=1S/C21H24N2O6/c1-5-6-18-22-20(29-23-18)13(3)27-19(24)10-9-16-12(2)15-8-7-14(26-4)11-17(15)28-21(16)25/h7-8,11,13H,5-6,9-10H2,1-4H3. The molecule has 8 heteroatoms. The third kappa shape index (κ3) is 4.64. The third-order valence-electron chi connectivity index (χ3n) is 4.69. The van der Waals surface area contributed by atoms with Crippen LogP contribution in [0.4, 0.5) is 0 Å². The minimum absolute atomic E-state index is 0.0353. The zero-order valence-corrected chi connectivity index (χ0v) is 17.0. The summed E-state index contributed by atoms with van der Waals surface area (Å²) in [6.07, 6.45) is 1.20. The second-order valence-corrected chi connectivity index (χ2v) is 6.79. The number of nitrogens with zero attached hydrogens (tertiary/aromatic N) is 2. The topological polar surface area (TPSA) is 105 Å². The summed E-state index contributed by atoms with van der Waals surface area (Å²) in [6, 6.07) is 5.30. The van der Waals surface area contributed by atoms with Crippen LogP contribution in [0.25, 0.3) is 11.0 Å². The number of ether oxygens (including phenoxy) is 2. The van der Waals surface area contributed by atoms with Crippen LogP contribution in [0.3, 0.4) is 0 Å². The first-order chi connectivity index (χ1) is 13.9. The van der Waals surface area contributed by atoms with Crippen molar-refractivity contribution in [2.45, 2.75) is 52.6 Å². The van der Waals surface area contributed by atoms with Crippen molar-refractivity contribution in [1.82, 2.24) is 10.1 Å². The maximum absolute atomic E-state index is 12.4. The number of carbonyl (C=O) groups excluding carboxylic acids is 1. The normalized spacial score (nSPS) is 12.1. The lowest BCUT2D eigenvalue weighted by Crippen LogP contribution is -2.15. The van der Waals surface area contributed by atoms with E-state index in [2.05, 4.69) is 10.1 Å². The van der Waals surface area contributed by atoms with Gasteiger partial charge in [0.25, 0.3) is 5.89 Å². The number of esters is 1. The first kappa shape index (κ1) is 20.6. The fourth-order valence-electron chi connectivity index (χ4n) is 3.08. The highest BCUT2D eigenvalue weighted by atomic mass is 16.6. The van der Waals surface area contributed by atoms with E-state index in [0.29, 0.717) is 29.1 Å². The molecule has 8 nitrogen and oxygen atoms in total. The fourth-order valence-corrected chi connectivity index (χ4v) is 3.08. The second-order valence-electron chi connectivity index (χ2n) is 6.79. The molecule has 0 saturated carbocycles. The molecule has 0 saturated heterocycles. The van der Waals surface area contributed by atoms with Gasteiger partial charge in [0.15, 0.2) is 11.9 Å². The summed E-state index contributed by atoms with van der Waals surface area (Å²) in [5.74, 6) is 0.999. The van der Waals surface area contributed by atoms with E-state index in [9.17, 15) is 9.59 Å². The quantitative estimate of drug-likeness (QED) is 0.416. The van der Waals surface area contributed by atoms with E-state index < -0.39 is 17.7 Å². The van der Waals surface area contributed by atoms with Gasteiger partial charge in [-0.25, -0.2) is 4.79 Å². The van der Waals surface area contributed by atoms with E-state index in [1.54, 1.807) is 26.2 Å². The molecule has 2 aromatic heterocycles. The van der Waals surface area contributed by atoms with Crippen LogP contribution in [0.1, 0.15) is 55.6 Å². The van der Waals surface area contributed by atoms with Crippen molar-refractivity contribution in [1.29, 1.82) is 0 Å². The van der Waals surface area contributed by atoms with E-state index >= 15 is 0 Å². The Bertz CT molecular complexity index is 1070. The summed E-state index contributed by atoms with van der Waals surface area (Å²) in [4.78, 5) is 28.8. The van der Waals surface area contributed by atoms with Crippen molar-refractivity contribution in [3.05, 3.63) is 51.5 Å². The number of aryl methyl sites for hydroxylation is 2. The number of carbonyl (C=O) groups is 1. The summed E-state index contributed by atoms with van der Waals surface area (Å²) < 4.78 is 21.1. The molecule has 3 aromatic rings. The van der Waals surface area contributed by atoms with E-state index in [1.807, 2.05) is 19.9 Å². The van der Waals surface area contributed by atoms with Gasteiger partial charge in [-0.2, -0.15) is 4.98 Å². The van der Waals surface area contributed by atoms with Crippen LogP contribution < -0.4 is 10.4 Å². The van der Waals surface area contributed by atoms with Gasteiger partial charge in [-0.05, 0) is 44.4 Å². The Morgan fingerprint density at radius 3 is 2.79 bits per heavy atom. The highest BCUT2D eigenvalue weighted by Crippen LogP contribution is 2.24. The molecule has 1 unspecified atom stereocenters. The smallest absolute Gasteiger partial charge is 0.339 e. The molecule has 0 aliphatic rings. The Labute approximate surface area is 167 Å². The van der Waals surface area contributed by atoms with Crippen LogP contribution in [-0.2, 0) is 22.4 Å². The number of hydrogen-bond donors (Lipinski definition) is 0. The zero-order valence-electron chi connectivity index (χ0n) is 17.0. The molecule has 1 aromatic carbocycles. The maximum atomic E-state index is 12.4. The average molecular weight is 400 g/mol. The largest absolute Gasteiger partial charge is 0.497 e. The van der Waals surface area contributed by atoms with Crippen LogP contribution in [0.5, 0.6) is 5.75 Å². The van der Waals surface area contributed by atoms with Crippen molar-refractivity contribution in [2.75, 3.05) is 7.11 Å². The van der Waals surface area contributed by atoms with Crippen LogP contribution in [0, 0.1) is 6.92 Å². The number of fused-ring (bicyclic) bond motifs is 1. The number of aromatic nitrogens is 2. The average Bonchev–Trinajstić information content (AvgIpc) is 3.16. The van der Waals surface area contributed by atoms with Crippen molar-refractivity contribution in [3.8, 4) is 5.75 Å². The van der Waals surface area contributed by atoms with E-state index in [1.165, 1.54) is 0 Å². The first-order valence-corrected chi connectivity index (χ1v) is 9.55. The molecular formula is C21H24N2O6. The highest BCUT2D eigenvalue weighted by Gasteiger charge is 2.20. The summed E-state index contributed by atoms with van der Waals surface area (Å²) >= 11 is 0. The first-order valence-electron chi connectivity index (χ1n) is 9.55. The van der Waals surface area contributed by atoms with E-state index in [0.717, 1.165) is 17.4 Å². The predicted octanol–water partition coefficient (Wildman–Crippen LogP) is 3.68. The Kier molecular flexibility index (Phi) is 6.31. The van der Waals surface area contributed by atoms with E-state index in [-0.39, 0.29) is 18.7 Å². The van der Waals surface area contributed by atoms with Gasteiger partial charge >= 0.3 is 11.6 Å². The van der Waals surface area contributed by atoms with Gasteiger partial charge in [-0.1, -0.05) is 12.1 Å². The molecule has 0 fully saturated rings. The molecule has 1 atom stereocenters. The SMILES string of the molecule is CCCc1noc(C(C)OC(=O)CCc2c(C)c3ccc(OC)cc3oc2=O)n1. The predicted molar refractivity (Wildman–Crippen MR) is 105 cm³/mol. The number of benzene rings is 1. The van der Waals surface area contributed by atoms with Crippen molar-refractivity contribution in [2.24, 2.45) is 0 Å². The second kappa shape index (κ2) is 8.89. The van der Waals surface area contributed by atoms with Gasteiger partial charge in [-0.15, -0.1) is 0 Å². The molecule has 0 spiro atoms. The Morgan fingerprint density at radius 1 is 1.28 bits per heavy atom. The van der Waals surface area contributed by atoms with Crippen LogP contribution >= 0.6 is 0 Å². The van der Waals surface area contributed by atoms with Gasteiger partial charge in [0, 0.05) is 29.9 Å². The Balaban J connectivity index is 1.67. The molecule has 3 rings (SSSR count). The molecular weight excluding hydrogens is 376 g/mol. The molecule has 0 bridgehead atoms. The van der Waals surface area contributed by atoms with Gasteiger partial charge in [-0.3, -0.25) is 4.79 Å². The van der Waals surface area contributed by atoms with Crippen molar-refractivity contribution >= 4 is 16.9 Å². The summed E-state index contributed by atoms with van der Waals surface area (Å²) in [5.41, 5.74) is 1.22. The fraction of sp³-hybridized carbons (Fsp3) is 0.429. The molecule has 154 valence electrons. The third-order valence-corrected chi connectivity index (χ3v) is 4.69. The maximum Gasteiger partial charge on any atom is 0.339 e. The lowest BCUT2D eigenvalue weighted by molar-refractivity contribution is -0.149. The van der Waals surface area contributed by atoms with Gasteiger partial charge < -0.3 is 18.4 Å². The van der Waals surface area contributed by atoms with Gasteiger partial charge in [0.05, 0.1) is 7.11 Å².